The lowest BCUT2D eigenvalue weighted by molar-refractivity contribution is -0.138. The van der Waals surface area contributed by atoms with Crippen LogP contribution in [0.15, 0.2) is 46.9 Å². The Morgan fingerprint density at radius 3 is 2.38 bits per heavy atom. The van der Waals surface area contributed by atoms with Gasteiger partial charge in [-0.3, -0.25) is 4.79 Å². The van der Waals surface area contributed by atoms with Crippen molar-refractivity contribution in [2.24, 2.45) is 0 Å². The zero-order valence-corrected chi connectivity index (χ0v) is 13.7. The number of carboxylic acids is 1. The van der Waals surface area contributed by atoms with Crippen LogP contribution in [0.3, 0.4) is 0 Å². The molecule has 0 saturated heterocycles. The third-order valence-corrected chi connectivity index (χ3v) is 4.19. The van der Waals surface area contributed by atoms with Crippen molar-refractivity contribution in [3.8, 4) is 11.3 Å². The van der Waals surface area contributed by atoms with Crippen LogP contribution in [0.5, 0.6) is 0 Å². The molecule has 1 heterocycles. The molecule has 0 radical (unpaired) electrons. The number of nitrogens with one attached hydrogen (secondary N) is 1. The molecule has 24 heavy (non-hydrogen) atoms. The van der Waals surface area contributed by atoms with Crippen molar-refractivity contribution >= 4 is 32.8 Å². The first-order valence-corrected chi connectivity index (χ1v) is 7.74. The maximum atomic E-state index is 12.7. The molecule has 1 aromatic heterocycles. The molecule has 0 unspecified atom stereocenters. The molecule has 124 valence electrons. The van der Waals surface area contributed by atoms with Crippen molar-refractivity contribution in [2.75, 3.05) is 0 Å². The summed E-state index contributed by atoms with van der Waals surface area (Å²) < 4.78 is 38.9. The van der Waals surface area contributed by atoms with Crippen molar-refractivity contribution in [1.29, 1.82) is 0 Å². The molecule has 0 aliphatic carbocycles. The molecule has 0 amide bonds. The number of aliphatic carboxylic acids is 1. The molecule has 3 rings (SSSR count). The highest BCUT2D eigenvalue weighted by Crippen LogP contribution is 2.35. The Kier molecular flexibility index (Phi) is 4.13. The van der Waals surface area contributed by atoms with Gasteiger partial charge in [-0.25, -0.2) is 0 Å². The van der Waals surface area contributed by atoms with Crippen LogP contribution in [-0.4, -0.2) is 16.1 Å². The second kappa shape index (κ2) is 5.98. The van der Waals surface area contributed by atoms with Crippen LogP contribution in [0, 0.1) is 0 Å². The van der Waals surface area contributed by atoms with Crippen molar-refractivity contribution in [1.82, 2.24) is 4.98 Å². The van der Waals surface area contributed by atoms with Crippen LogP contribution in [0.4, 0.5) is 13.2 Å². The summed E-state index contributed by atoms with van der Waals surface area (Å²) in [6, 6.07) is 10.0. The second-order valence-corrected chi connectivity index (χ2v) is 6.23. The van der Waals surface area contributed by atoms with E-state index in [1.165, 1.54) is 12.1 Å². The maximum Gasteiger partial charge on any atom is 0.416 e. The minimum absolute atomic E-state index is 0.229. The van der Waals surface area contributed by atoms with E-state index in [9.17, 15) is 18.0 Å². The molecule has 3 aromatic rings. The van der Waals surface area contributed by atoms with Gasteiger partial charge in [0.05, 0.1) is 17.7 Å². The molecule has 0 spiro atoms. The lowest BCUT2D eigenvalue weighted by Gasteiger charge is -2.08. The summed E-state index contributed by atoms with van der Waals surface area (Å²) in [7, 11) is 0. The van der Waals surface area contributed by atoms with E-state index in [0.717, 1.165) is 27.5 Å². The van der Waals surface area contributed by atoms with E-state index in [1.807, 2.05) is 0 Å². The average molecular weight is 398 g/mol. The number of carboxylic acid groups (broad SMARTS) is 1. The number of H-pyrrole nitrogens is 1. The quantitative estimate of drug-likeness (QED) is 0.634. The first-order chi connectivity index (χ1) is 11.3. The number of fused-ring (bicyclic) bond motifs is 1. The Labute approximate surface area is 143 Å². The molecular formula is C17H11BrF3NO2. The van der Waals surface area contributed by atoms with Crippen LogP contribution < -0.4 is 0 Å². The number of halogens is 4. The fourth-order valence-corrected chi connectivity index (χ4v) is 2.99. The molecule has 7 heteroatoms. The number of rotatable bonds is 3. The van der Waals surface area contributed by atoms with E-state index < -0.39 is 17.7 Å². The summed E-state index contributed by atoms with van der Waals surface area (Å²) in [5.41, 5.74) is 1.54. The van der Waals surface area contributed by atoms with E-state index in [-0.39, 0.29) is 6.42 Å². The summed E-state index contributed by atoms with van der Waals surface area (Å²) >= 11 is 3.34. The van der Waals surface area contributed by atoms with Crippen molar-refractivity contribution in [2.45, 2.75) is 12.6 Å². The van der Waals surface area contributed by atoms with Crippen LogP contribution in [0.1, 0.15) is 11.1 Å². The smallest absolute Gasteiger partial charge is 0.416 e. The number of alkyl halides is 3. The lowest BCUT2D eigenvalue weighted by Crippen LogP contribution is -2.04. The Hall–Kier alpha value is -2.28. The van der Waals surface area contributed by atoms with Gasteiger partial charge in [-0.1, -0.05) is 28.1 Å². The van der Waals surface area contributed by atoms with Gasteiger partial charge in [0.15, 0.2) is 0 Å². The Morgan fingerprint density at radius 2 is 1.79 bits per heavy atom. The van der Waals surface area contributed by atoms with E-state index >= 15 is 0 Å². The van der Waals surface area contributed by atoms with Crippen molar-refractivity contribution in [3.63, 3.8) is 0 Å². The lowest BCUT2D eigenvalue weighted by atomic mass is 10.0. The van der Waals surface area contributed by atoms with Gasteiger partial charge in [-0.05, 0) is 41.5 Å². The molecule has 0 atom stereocenters. The predicted molar refractivity (Wildman–Crippen MR) is 87.8 cm³/mol. The molecule has 0 bridgehead atoms. The van der Waals surface area contributed by atoms with Gasteiger partial charge in [0.25, 0.3) is 0 Å². The highest BCUT2D eigenvalue weighted by atomic mass is 79.9. The second-order valence-electron chi connectivity index (χ2n) is 5.31. The van der Waals surface area contributed by atoms with Gasteiger partial charge in [0.2, 0.25) is 0 Å². The summed E-state index contributed by atoms with van der Waals surface area (Å²) in [6.07, 6.45) is -4.64. The summed E-state index contributed by atoms with van der Waals surface area (Å²) in [5, 5.41) is 9.89. The average Bonchev–Trinajstić information content (AvgIpc) is 2.84. The maximum absolute atomic E-state index is 12.7. The first-order valence-electron chi connectivity index (χ1n) is 6.95. The number of aromatic amines is 1. The minimum atomic E-state index is -4.41. The van der Waals surface area contributed by atoms with Crippen molar-refractivity contribution in [3.05, 3.63) is 58.1 Å². The molecule has 2 aromatic carbocycles. The number of hydrogen-bond donors (Lipinski definition) is 2. The van der Waals surface area contributed by atoms with E-state index in [0.29, 0.717) is 16.8 Å². The third kappa shape index (κ3) is 3.17. The molecule has 0 fully saturated rings. The first kappa shape index (κ1) is 16.6. The zero-order valence-electron chi connectivity index (χ0n) is 12.1. The molecule has 0 aliphatic heterocycles. The standard InChI is InChI=1S/C17H11BrF3NO2/c18-11-5-6-14-12(7-11)13(8-15(23)24)16(22-14)9-1-3-10(4-2-9)17(19,20)21/h1-7,22H,8H2,(H,23,24). The van der Waals surface area contributed by atoms with Gasteiger partial charge in [-0.15, -0.1) is 0 Å². The van der Waals surface area contributed by atoms with Crippen LogP contribution in [-0.2, 0) is 17.4 Å². The Morgan fingerprint density at radius 1 is 1.12 bits per heavy atom. The third-order valence-electron chi connectivity index (χ3n) is 3.70. The topological polar surface area (TPSA) is 53.1 Å². The number of aromatic nitrogens is 1. The number of carbonyl (C=O) groups is 1. The van der Waals surface area contributed by atoms with Gasteiger partial charge < -0.3 is 10.1 Å². The monoisotopic (exact) mass is 397 g/mol. The Balaban J connectivity index is 2.16. The van der Waals surface area contributed by atoms with Crippen LogP contribution >= 0.6 is 15.9 Å². The van der Waals surface area contributed by atoms with E-state index in [4.69, 9.17) is 5.11 Å². The van der Waals surface area contributed by atoms with Crippen molar-refractivity contribution < 1.29 is 23.1 Å². The van der Waals surface area contributed by atoms with Crippen LogP contribution in [0.25, 0.3) is 22.2 Å². The van der Waals surface area contributed by atoms with Gasteiger partial charge >= 0.3 is 12.1 Å². The molecule has 0 aliphatic rings. The normalized spacial score (nSPS) is 11.8. The highest BCUT2D eigenvalue weighted by Gasteiger charge is 2.30. The Bertz CT molecular complexity index is 914. The summed E-state index contributed by atoms with van der Waals surface area (Å²) in [4.78, 5) is 14.3. The van der Waals surface area contributed by atoms with E-state index in [2.05, 4.69) is 20.9 Å². The fourth-order valence-electron chi connectivity index (χ4n) is 2.63. The van der Waals surface area contributed by atoms with Gasteiger partial charge in [0, 0.05) is 15.4 Å². The number of hydrogen-bond acceptors (Lipinski definition) is 1. The summed E-state index contributed by atoms with van der Waals surface area (Å²) in [5.74, 6) is -1.01. The minimum Gasteiger partial charge on any atom is -0.481 e. The molecule has 0 saturated carbocycles. The largest absolute Gasteiger partial charge is 0.481 e. The SMILES string of the molecule is O=C(O)Cc1c(-c2ccc(C(F)(F)F)cc2)[nH]c2ccc(Br)cc12. The molecule has 3 nitrogen and oxygen atoms in total. The predicted octanol–water partition coefficient (Wildman–Crippen LogP) is 5.24. The molecular weight excluding hydrogens is 387 g/mol. The van der Waals surface area contributed by atoms with E-state index in [1.54, 1.807) is 18.2 Å². The molecule has 2 N–H and O–H groups in total. The zero-order chi connectivity index (χ0) is 17.5. The fraction of sp³-hybridized carbons (Fsp3) is 0.118. The summed E-state index contributed by atoms with van der Waals surface area (Å²) in [6.45, 7) is 0. The van der Waals surface area contributed by atoms with Crippen LogP contribution in [0.2, 0.25) is 0 Å². The van der Waals surface area contributed by atoms with Gasteiger partial charge in [0.1, 0.15) is 0 Å². The van der Waals surface area contributed by atoms with Gasteiger partial charge in [-0.2, -0.15) is 13.2 Å². The highest BCUT2D eigenvalue weighted by molar-refractivity contribution is 9.10. The number of benzene rings is 2.